The molecule has 0 aliphatic carbocycles. The van der Waals surface area contributed by atoms with Gasteiger partial charge in [0.25, 0.3) is 0 Å². The van der Waals surface area contributed by atoms with Crippen LogP contribution in [0.1, 0.15) is 11.3 Å². The number of rotatable bonds is 4. The molecule has 0 unspecified atom stereocenters. The molecule has 4 heteroatoms. The summed E-state index contributed by atoms with van der Waals surface area (Å²) in [7, 11) is 1.57. The van der Waals surface area contributed by atoms with Crippen molar-refractivity contribution in [2.75, 3.05) is 7.11 Å². The van der Waals surface area contributed by atoms with Crippen molar-refractivity contribution in [1.82, 2.24) is 4.98 Å². The molecule has 1 aromatic heterocycles. The zero-order valence-electron chi connectivity index (χ0n) is 10.4. The fourth-order valence-corrected chi connectivity index (χ4v) is 1.67. The molecule has 1 heterocycles. The smallest absolute Gasteiger partial charge is 0.337 e. The molecule has 0 aliphatic rings. The molecule has 19 heavy (non-hydrogen) atoms. The lowest BCUT2D eigenvalue weighted by molar-refractivity contribution is -0.130. The summed E-state index contributed by atoms with van der Waals surface area (Å²) in [5.74, 6) is -0.332. The van der Waals surface area contributed by atoms with Crippen molar-refractivity contribution in [2.45, 2.75) is 0 Å². The van der Waals surface area contributed by atoms with Crippen LogP contribution in [0, 0.1) is 0 Å². The normalized spacial score (nSPS) is 11.1. The monoisotopic (exact) mass is 255 g/mol. The number of pyridine rings is 1. The van der Waals surface area contributed by atoms with Gasteiger partial charge in [-0.3, -0.25) is 4.98 Å². The molecule has 0 radical (unpaired) electrons. The predicted octanol–water partition coefficient (Wildman–Crippen LogP) is 2.72. The van der Waals surface area contributed by atoms with Gasteiger partial charge in [-0.15, -0.1) is 0 Å². The Kier molecular flexibility index (Phi) is 3.93. The molecule has 4 nitrogen and oxygen atoms in total. The molecule has 0 saturated heterocycles. The second-order valence-corrected chi connectivity index (χ2v) is 3.85. The number of hydrogen-bond acceptors (Lipinski definition) is 3. The molecule has 2 aromatic rings. The number of aliphatic carboxylic acids is 1. The summed E-state index contributed by atoms with van der Waals surface area (Å²) in [5, 5.41) is 9.27. The lowest BCUT2D eigenvalue weighted by Crippen LogP contribution is -2.01. The fraction of sp³-hybridized carbons (Fsp3) is 0.0667. The van der Waals surface area contributed by atoms with Crippen LogP contribution in [-0.2, 0) is 4.79 Å². The van der Waals surface area contributed by atoms with Crippen molar-refractivity contribution in [3.63, 3.8) is 0 Å². The highest BCUT2D eigenvalue weighted by atomic mass is 16.5. The van der Waals surface area contributed by atoms with E-state index in [1.165, 1.54) is 0 Å². The zero-order valence-corrected chi connectivity index (χ0v) is 10.4. The molecule has 1 aromatic carbocycles. The Bertz CT molecular complexity index is 606. The summed E-state index contributed by atoms with van der Waals surface area (Å²) < 4.78 is 5.11. The summed E-state index contributed by atoms with van der Waals surface area (Å²) >= 11 is 0. The Morgan fingerprint density at radius 3 is 2.74 bits per heavy atom. The van der Waals surface area contributed by atoms with Crippen molar-refractivity contribution in [3.05, 3.63) is 59.9 Å². The number of carboxylic acid groups (broad SMARTS) is 1. The standard InChI is InChI=1S/C15H13NO3/c1-19-12-6-4-5-11(9-12)10-13(15(17)18)14-7-2-3-8-16-14/h2-10H,1H3,(H,17,18)/b13-10+. The van der Waals surface area contributed by atoms with Crippen LogP contribution < -0.4 is 4.74 Å². The highest BCUT2D eigenvalue weighted by Crippen LogP contribution is 2.19. The number of ether oxygens (including phenoxy) is 1. The van der Waals surface area contributed by atoms with E-state index in [1.807, 2.05) is 12.1 Å². The summed E-state index contributed by atoms with van der Waals surface area (Å²) in [5.41, 5.74) is 1.33. The van der Waals surface area contributed by atoms with Gasteiger partial charge < -0.3 is 9.84 Å². The van der Waals surface area contributed by atoms with E-state index in [0.29, 0.717) is 11.4 Å². The minimum atomic E-state index is -1.01. The van der Waals surface area contributed by atoms with Crippen molar-refractivity contribution >= 4 is 17.6 Å². The van der Waals surface area contributed by atoms with Gasteiger partial charge in [0.15, 0.2) is 0 Å². The first kappa shape index (κ1) is 12.8. The van der Waals surface area contributed by atoms with E-state index in [4.69, 9.17) is 4.74 Å². The molecular formula is C15H13NO3. The zero-order chi connectivity index (χ0) is 13.7. The molecule has 2 rings (SSSR count). The van der Waals surface area contributed by atoms with E-state index in [9.17, 15) is 9.90 Å². The van der Waals surface area contributed by atoms with Gasteiger partial charge in [0.05, 0.1) is 18.4 Å². The highest BCUT2D eigenvalue weighted by molar-refractivity contribution is 6.20. The van der Waals surface area contributed by atoms with Crippen molar-refractivity contribution < 1.29 is 14.6 Å². The summed E-state index contributed by atoms with van der Waals surface area (Å²) in [6.07, 6.45) is 3.14. The Hall–Kier alpha value is -2.62. The molecule has 96 valence electrons. The average Bonchev–Trinajstić information content (AvgIpc) is 2.45. The molecule has 0 saturated carbocycles. The quantitative estimate of drug-likeness (QED) is 0.853. The Morgan fingerprint density at radius 1 is 1.26 bits per heavy atom. The summed E-state index contributed by atoms with van der Waals surface area (Å²) in [6, 6.07) is 12.4. The third kappa shape index (κ3) is 3.19. The maximum Gasteiger partial charge on any atom is 0.337 e. The molecule has 0 aliphatic heterocycles. The van der Waals surface area contributed by atoms with Crippen LogP contribution in [0.15, 0.2) is 48.7 Å². The lowest BCUT2D eigenvalue weighted by Gasteiger charge is -2.03. The maximum absolute atomic E-state index is 11.3. The van der Waals surface area contributed by atoms with E-state index in [1.54, 1.807) is 49.7 Å². The Balaban J connectivity index is 2.44. The molecule has 0 fully saturated rings. The van der Waals surface area contributed by atoms with Gasteiger partial charge in [0.1, 0.15) is 5.75 Å². The fourth-order valence-electron chi connectivity index (χ4n) is 1.67. The van der Waals surface area contributed by atoms with E-state index >= 15 is 0 Å². The van der Waals surface area contributed by atoms with Gasteiger partial charge in [-0.2, -0.15) is 0 Å². The van der Waals surface area contributed by atoms with Crippen LogP contribution in [-0.4, -0.2) is 23.2 Å². The number of carboxylic acids is 1. The van der Waals surface area contributed by atoms with Gasteiger partial charge >= 0.3 is 5.97 Å². The van der Waals surface area contributed by atoms with Crippen molar-refractivity contribution in [1.29, 1.82) is 0 Å². The summed E-state index contributed by atoms with van der Waals surface area (Å²) in [6.45, 7) is 0. The second-order valence-electron chi connectivity index (χ2n) is 3.85. The van der Waals surface area contributed by atoms with E-state index < -0.39 is 5.97 Å². The molecule has 0 amide bonds. The first-order chi connectivity index (χ1) is 9.20. The Morgan fingerprint density at radius 2 is 2.11 bits per heavy atom. The first-order valence-electron chi connectivity index (χ1n) is 5.71. The van der Waals surface area contributed by atoms with Crippen LogP contribution >= 0.6 is 0 Å². The molecular weight excluding hydrogens is 242 g/mol. The van der Waals surface area contributed by atoms with Gasteiger partial charge in [-0.1, -0.05) is 18.2 Å². The minimum absolute atomic E-state index is 0.147. The number of carbonyl (C=O) groups is 1. The van der Waals surface area contributed by atoms with Gasteiger partial charge in [0, 0.05) is 6.20 Å². The Labute approximate surface area is 111 Å². The highest BCUT2D eigenvalue weighted by Gasteiger charge is 2.11. The number of nitrogens with zero attached hydrogens (tertiary/aromatic N) is 1. The first-order valence-corrected chi connectivity index (χ1v) is 5.71. The SMILES string of the molecule is COc1cccc(/C=C(/C(=O)O)c2ccccn2)c1. The van der Waals surface area contributed by atoms with Crippen LogP contribution in [0.3, 0.4) is 0 Å². The van der Waals surface area contributed by atoms with Crippen molar-refractivity contribution in [3.8, 4) is 5.75 Å². The largest absolute Gasteiger partial charge is 0.497 e. The third-order valence-electron chi connectivity index (χ3n) is 2.58. The van der Waals surface area contributed by atoms with Crippen molar-refractivity contribution in [2.24, 2.45) is 0 Å². The van der Waals surface area contributed by atoms with Gasteiger partial charge in [0.2, 0.25) is 0 Å². The van der Waals surface area contributed by atoms with Crippen LogP contribution in [0.4, 0.5) is 0 Å². The van der Waals surface area contributed by atoms with E-state index in [-0.39, 0.29) is 5.57 Å². The third-order valence-corrected chi connectivity index (χ3v) is 2.58. The topological polar surface area (TPSA) is 59.4 Å². The van der Waals surface area contributed by atoms with Gasteiger partial charge in [-0.25, -0.2) is 4.79 Å². The van der Waals surface area contributed by atoms with Crippen LogP contribution in [0.5, 0.6) is 5.75 Å². The van der Waals surface area contributed by atoms with Gasteiger partial charge in [-0.05, 0) is 35.9 Å². The maximum atomic E-state index is 11.3. The molecule has 1 N–H and O–H groups in total. The number of aromatic nitrogens is 1. The van der Waals surface area contributed by atoms with Crippen LogP contribution in [0.25, 0.3) is 11.6 Å². The lowest BCUT2D eigenvalue weighted by atomic mass is 10.1. The van der Waals surface area contributed by atoms with Crippen LogP contribution in [0.2, 0.25) is 0 Å². The van der Waals surface area contributed by atoms with E-state index in [2.05, 4.69) is 4.98 Å². The molecule has 0 spiro atoms. The molecule has 0 bridgehead atoms. The van der Waals surface area contributed by atoms with E-state index in [0.717, 1.165) is 5.56 Å². The second kappa shape index (κ2) is 5.82. The summed E-state index contributed by atoms with van der Waals surface area (Å²) in [4.78, 5) is 15.4. The minimum Gasteiger partial charge on any atom is -0.497 e. The number of benzene rings is 1. The average molecular weight is 255 g/mol. The molecule has 0 atom stereocenters. The predicted molar refractivity (Wildman–Crippen MR) is 72.7 cm³/mol. The number of methoxy groups -OCH3 is 1. The number of hydrogen-bond donors (Lipinski definition) is 1.